The zero-order valence-electron chi connectivity index (χ0n) is 14.2. The van der Waals surface area contributed by atoms with Gasteiger partial charge in [0.2, 0.25) is 0 Å². The number of unbranched alkanes of at least 4 members (excludes halogenated alkanes) is 2. The average Bonchev–Trinajstić information content (AvgIpc) is 2.52. The van der Waals surface area contributed by atoms with Gasteiger partial charge < -0.3 is 15.0 Å². The average molecular weight is 312 g/mol. The van der Waals surface area contributed by atoms with Gasteiger partial charge in [0.05, 0.1) is 13.0 Å². The Kier molecular flexibility index (Phi) is 9.67. The molecule has 0 bridgehead atoms. The molecular weight excluding hydrogens is 280 g/mol. The van der Waals surface area contributed by atoms with Crippen LogP contribution in [-0.4, -0.2) is 42.6 Å². The summed E-state index contributed by atoms with van der Waals surface area (Å²) in [6.07, 6.45) is 9.31. The molecule has 5 heteroatoms. The lowest BCUT2D eigenvalue weighted by Crippen LogP contribution is -2.46. The van der Waals surface area contributed by atoms with Gasteiger partial charge in [0.15, 0.2) is 0 Å². The summed E-state index contributed by atoms with van der Waals surface area (Å²) >= 11 is 0. The Morgan fingerprint density at radius 2 is 1.82 bits per heavy atom. The second-order valence-electron chi connectivity index (χ2n) is 6.03. The monoisotopic (exact) mass is 312 g/mol. The number of amides is 2. The number of ether oxygens (including phenoxy) is 1. The minimum Gasteiger partial charge on any atom is -0.466 e. The van der Waals surface area contributed by atoms with E-state index >= 15 is 0 Å². The molecule has 0 unspecified atom stereocenters. The van der Waals surface area contributed by atoms with Gasteiger partial charge in [0, 0.05) is 19.1 Å². The van der Waals surface area contributed by atoms with Gasteiger partial charge in [-0.25, -0.2) is 4.79 Å². The quantitative estimate of drug-likeness (QED) is 0.524. The fourth-order valence-electron chi connectivity index (χ4n) is 2.84. The van der Waals surface area contributed by atoms with Crippen LogP contribution in [0.15, 0.2) is 0 Å². The summed E-state index contributed by atoms with van der Waals surface area (Å²) in [5, 5.41) is 3.14. The van der Waals surface area contributed by atoms with Gasteiger partial charge in [-0.3, -0.25) is 4.79 Å². The van der Waals surface area contributed by atoms with Crippen LogP contribution in [-0.2, 0) is 9.53 Å². The second-order valence-corrected chi connectivity index (χ2v) is 6.03. The summed E-state index contributed by atoms with van der Waals surface area (Å²) in [4.78, 5) is 25.7. The predicted molar refractivity (Wildman–Crippen MR) is 87.8 cm³/mol. The van der Waals surface area contributed by atoms with E-state index in [1.807, 2.05) is 0 Å². The Morgan fingerprint density at radius 3 is 2.45 bits per heavy atom. The summed E-state index contributed by atoms with van der Waals surface area (Å²) in [6, 6.07) is 0.282. The molecule has 22 heavy (non-hydrogen) atoms. The number of carbonyl (C=O) groups is 2. The van der Waals surface area contributed by atoms with Gasteiger partial charge in [0.25, 0.3) is 0 Å². The van der Waals surface area contributed by atoms with Crippen molar-refractivity contribution >= 4 is 12.0 Å². The lowest BCUT2D eigenvalue weighted by molar-refractivity contribution is -0.143. The van der Waals surface area contributed by atoms with Crippen LogP contribution >= 0.6 is 0 Å². The van der Waals surface area contributed by atoms with Crippen molar-refractivity contribution in [3.8, 4) is 0 Å². The van der Waals surface area contributed by atoms with Gasteiger partial charge in [-0.1, -0.05) is 39.0 Å². The third-order valence-electron chi connectivity index (χ3n) is 4.14. The molecule has 0 saturated heterocycles. The van der Waals surface area contributed by atoms with Crippen LogP contribution in [0.25, 0.3) is 0 Å². The molecule has 5 nitrogen and oxygen atoms in total. The summed E-state index contributed by atoms with van der Waals surface area (Å²) < 4.78 is 4.95. The van der Waals surface area contributed by atoms with Crippen LogP contribution in [0.3, 0.4) is 0 Å². The van der Waals surface area contributed by atoms with E-state index in [1.165, 1.54) is 19.3 Å². The van der Waals surface area contributed by atoms with Crippen molar-refractivity contribution < 1.29 is 14.3 Å². The fraction of sp³-hybridized carbons (Fsp3) is 0.882. The molecule has 2 amide bonds. The molecule has 0 aromatic carbocycles. The third-order valence-corrected chi connectivity index (χ3v) is 4.14. The number of hydrogen-bond donors (Lipinski definition) is 1. The zero-order chi connectivity index (χ0) is 16.2. The van der Waals surface area contributed by atoms with E-state index in [-0.39, 0.29) is 18.4 Å². The van der Waals surface area contributed by atoms with Crippen molar-refractivity contribution in [3.63, 3.8) is 0 Å². The summed E-state index contributed by atoms with van der Waals surface area (Å²) in [7, 11) is 0. The third kappa shape index (κ3) is 7.66. The number of urea groups is 1. The molecule has 1 aliphatic rings. The van der Waals surface area contributed by atoms with Crippen LogP contribution in [0.5, 0.6) is 0 Å². The normalized spacial score (nSPS) is 15.4. The first-order valence-electron chi connectivity index (χ1n) is 8.88. The largest absolute Gasteiger partial charge is 0.466 e. The maximum atomic E-state index is 12.4. The van der Waals surface area contributed by atoms with E-state index < -0.39 is 0 Å². The molecule has 1 fully saturated rings. The van der Waals surface area contributed by atoms with Crippen molar-refractivity contribution in [1.29, 1.82) is 0 Å². The smallest absolute Gasteiger partial charge is 0.317 e. The van der Waals surface area contributed by atoms with Gasteiger partial charge in [-0.15, -0.1) is 0 Å². The summed E-state index contributed by atoms with van der Waals surface area (Å²) in [5.41, 5.74) is 0. The van der Waals surface area contributed by atoms with Crippen molar-refractivity contribution in [2.75, 3.05) is 19.7 Å². The van der Waals surface area contributed by atoms with E-state index in [1.54, 1.807) is 11.8 Å². The minimum absolute atomic E-state index is 0.0210. The van der Waals surface area contributed by atoms with E-state index in [0.717, 1.165) is 32.1 Å². The molecule has 1 aliphatic carbocycles. The Labute approximate surface area is 134 Å². The Hall–Kier alpha value is -1.26. The van der Waals surface area contributed by atoms with Gasteiger partial charge in [0.1, 0.15) is 0 Å². The topological polar surface area (TPSA) is 58.6 Å². The molecule has 0 spiro atoms. The molecule has 1 rings (SSSR count). The van der Waals surface area contributed by atoms with E-state index in [0.29, 0.717) is 25.7 Å². The number of esters is 1. The lowest BCUT2D eigenvalue weighted by Gasteiger charge is -2.28. The summed E-state index contributed by atoms with van der Waals surface area (Å²) in [5.74, 6) is -0.228. The minimum atomic E-state index is -0.228. The van der Waals surface area contributed by atoms with Crippen LogP contribution in [0.1, 0.15) is 71.6 Å². The van der Waals surface area contributed by atoms with Crippen molar-refractivity contribution in [2.24, 2.45) is 0 Å². The Balaban J connectivity index is 2.43. The lowest BCUT2D eigenvalue weighted by atomic mass is 9.96. The highest BCUT2D eigenvalue weighted by molar-refractivity contribution is 5.76. The molecule has 1 N–H and O–H groups in total. The second kappa shape index (κ2) is 11.3. The van der Waals surface area contributed by atoms with Crippen LogP contribution in [0, 0.1) is 0 Å². The number of nitrogens with one attached hydrogen (secondary N) is 1. The maximum Gasteiger partial charge on any atom is 0.317 e. The highest BCUT2D eigenvalue weighted by Crippen LogP contribution is 2.17. The molecule has 1 saturated carbocycles. The number of rotatable bonds is 9. The van der Waals surface area contributed by atoms with Crippen molar-refractivity contribution in [3.05, 3.63) is 0 Å². The van der Waals surface area contributed by atoms with Crippen LogP contribution in [0.4, 0.5) is 4.79 Å². The van der Waals surface area contributed by atoms with Gasteiger partial charge >= 0.3 is 12.0 Å². The zero-order valence-corrected chi connectivity index (χ0v) is 14.2. The number of hydrogen-bond acceptors (Lipinski definition) is 3. The molecule has 0 heterocycles. The predicted octanol–water partition coefficient (Wildman–Crippen LogP) is 3.47. The number of carbonyl (C=O) groups excluding carboxylic acids is 2. The Bertz CT molecular complexity index is 328. The van der Waals surface area contributed by atoms with Crippen LogP contribution in [0.2, 0.25) is 0 Å². The fourth-order valence-corrected chi connectivity index (χ4v) is 2.84. The maximum absolute atomic E-state index is 12.4. The Morgan fingerprint density at radius 1 is 1.09 bits per heavy atom. The molecule has 0 aliphatic heterocycles. The van der Waals surface area contributed by atoms with E-state index in [9.17, 15) is 9.59 Å². The van der Waals surface area contributed by atoms with Crippen LogP contribution < -0.4 is 5.32 Å². The molecule has 0 atom stereocenters. The van der Waals surface area contributed by atoms with E-state index in [4.69, 9.17) is 4.74 Å². The molecular formula is C17H32N2O3. The van der Waals surface area contributed by atoms with Gasteiger partial charge in [-0.2, -0.15) is 0 Å². The van der Waals surface area contributed by atoms with Crippen molar-refractivity contribution in [1.82, 2.24) is 10.2 Å². The standard InChI is InChI=1S/C17H32N2O3/c1-3-5-9-13-19(14-12-16(20)22-4-2)17(21)18-15-10-7-6-8-11-15/h15H,3-14H2,1-2H3,(H,18,21). The van der Waals surface area contributed by atoms with Gasteiger partial charge in [-0.05, 0) is 26.2 Å². The SMILES string of the molecule is CCCCCN(CCC(=O)OCC)C(=O)NC1CCCCC1. The van der Waals surface area contributed by atoms with Crippen molar-refractivity contribution in [2.45, 2.75) is 77.7 Å². The molecule has 0 aromatic rings. The first-order chi connectivity index (χ1) is 10.7. The first kappa shape index (κ1) is 18.8. The highest BCUT2D eigenvalue weighted by Gasteiger charge is 2.20. The first-order valence-corrected chi connectivity index (χ1v) is 8.88. The number of nitrogens with zero attached hydrogens (tertiary/aromatic N) is 1. The molecule has 128 valence electrons. The van der Waals surface area contributed by atoms with E-state index in [2.05, 4.69) is 12.2 Å². The molecule has 0 radical (unpaired) electrons. The summed E-state index contributed by atoms with van der Waals surface area (Å²) in [6.45, 7) is 5.49. The molecule has 0 aromatic heterocycles. The highest BCUT2D eigenvalue weighted by atomic mass is 16.5.